The molecule has 2 saturated carbocycles. The van der Waals surface area contributed by atoms with Crippen molar-refractivity contribution in [2.45, 2.75) is 25.2 Å². The van der Waals surface area contributed by atoms with Crippen molar-refractivity contribution in [3.63, 3.8) is 0 Å². The average Bonchev–Trinajstić information content (AvgIpc) is 2.55. The van der Waals surface area contributed by atoms with Gasteiger partial charge in [-0.05, 0) is 19.3 Å². The summed E-state index contributed by atoms with van der Waals surface area (Å²) in [5, 5.41) is 8.60. The summed E-state index contributed by atoms with van der Waals surface area (Å²) in [6.45, 7) is 0. The molecule has 68 valence electrons. The van der Waals surface area contributed by atoms with Gasteiger partial charge < -0.3 is 5.11 Å². The van der Waals surface area contributed by atoms with Gasteiger partial charge in [0.15, 0.2) is 0 Å². The third-order valence-electron chi connectivity index (χ3n) is 3.08. The SMILES string of the molecule is O=C(O)[C@H]1CC[C@@H]2[C@H](C1)C2(F)F. The van der Waals surface area contributed by atoms with Crippen LogP contribution in [0.25, 0.3) is 0 Å². The van der Waals surface area contributed by atoms with Gasteiger partial charge in [0.05, 0.1) is 5.92 Å². The topological polar surface area (TPSA) is 37.3 Å². The summed E-state index contributed by atoms with van der Waals surface area (Å²) in [7, 11) is 0. The van der Waals surface area contributed by atoms with Crippen LogP contribution < -0.4 is 0 Å². The first-order valence-corrected chi connectivity index (χ1v) is 4.14. The molecule has 0 aromatic heterocycles. The van der Waals surface area contributed by atoms with Crippen molar-refractivity contribution in [2.75, 3.05) is 0 Å². The van der Waals surface area contributed by atoms with Gasteiger partial charge in [-0.3, -0.25) is 4.79 Å². The number of rotatable bonds is 1. The highest BCUT2D eigenvalue weighted by atomic mass is 19.3. The Balaban J connectivity index is 2.01. The molecule has 0 unspecified atom stereocenters. The Labute approximate surface area is 68.6 Å². The maximum atomic E-state index is 12.7. The van der Waals surface area contributed by atoms with Crippen molar-refractivity contribution in [3.8, 4) is 0 Å². The van der Waals surface area contributed by atoms with E-state index >= 15 is 0 Å². The molecule has 1 N–H and O–H groups in total. The van der Waals surface area contributed by atoms with E-state index in [4.69, 9.17) is 5.11 Å². The first-order valence-electron chi connectivity index (χ1n) is 4.14. The van der Waals surface area contributed by atoms with Gasteiger partial charge in [-0.25, -0.2) is 8.78 Å². The number of halogens is 2. The number of alkyl halides is 2. The van der Waals surface area contributed by atoms with E-state index in [2.05, 4.69) is 0 Å². The standard InChI is InChI=1S/C8H10F2O2/c9-8(10)5-2-1-4(7(11)12)3-6(5)8/h4-6H,1-3H2,(H,11,12)/t4-,5+,6-/m0/s1. The molecule has 0 aromatic carbocycles. The Bertz CT molecular complexity index is 227. The molecule has 2 fully saturated rings. The fourth-order valence-corrected chi connectivity index (χ4v) is 2.21. The molecular formula is C8H10F2O2. The summed E-state index contributed by atoms with van der Waals surface area (Å²) in [6, 6.07) is 0. The number of hydrogen-bond donors (Lipinski definition) is 1. The molecule has 2 rings (SSSR count). The molecule has 0 aromatic rings. The Kier molecular flexibility index (Phi) is 1.44. The van der Waals surface area contributed by atoms with Gasteiger partial charge in [0, 0.05) is 11.8 Å². The predicted octanol–water partition coefficient (Wildman–Crippen LogP) is 1.75. The van der Waals surface area contributed by atoms with Crippen LogP contribution in [0.1, 0.15) is 19.3 Å². The van der Waals surface area contributed by atoms with Gasteiger partial charge >= 0.3 is 5.97 Å². The monoisotopic (exact) mass is 176 g/mol. The van der Waals surface area contributed by atoms with Gasteiger partial charge in [-0.15, -0.1) is 0 Å². The molecular weight excluding hydrogens is 166 g/mol. The molecule has 0 spiro atoms. The van der Waals surface area contributed by atoms with Crippen LogP contribution in [0.4, 0.5) is 8.78 Å². The Morgan fingerprint density at radius 2 is 2.00 bits per heavy atom. The third-order valence-corrected chi connectivity index (χ3v) is 3.08. The zero-order chi connectivity index (χ0) is 8.93. The third kappa shape index (κ3) is 0.934. The number of hydrogen-bond acceptors (Lipinski definition) is 1. The fourth-order valence-electron chi connectivity index (χ4n) is 2.21. The highest BCUT2D eigenvalue weighted by Crippen LogP contribution is 2.63. The van der Waals surface area contributed by atoms with Crippen LogP contribution in [-0.4, -0.2) is 17.0 Å². The summed E-state index contributed by atoms with van der Waals surface area (Å²) in [4.78, 5) is 10.5. The van der Waals surface area contributed by atoms with Crippen molar-refractivity contribution in [2.24, 2.45) is 17.8 Å². The lowest BCUT2D eigenvalue weighted by Gasteiger charge is -2.14. The number of carboxylic acid groups (broad SMARTS) is 1. The van der Waals surface area contributed by atoms with Crippen LogP contribution in [0.15, 0.2) is 0 Å². The van der Waals surface area contributed by atoms with Crippen LogP contribution in [0.2, 0.25) is 0 Å². The molecule has 3 atom stereocenters. The second kappa shape index (κ2) is 2.18. The lowest BCUT2D eigenvalue weighted by Crippen LogP contribution is -2.18. The first-order chi connectivity index (χ1) is 5.53. The number of carbonyl (C=O) groups is 1. The molecule has 0 saturated heterocycles. The van der Waals surface area contributed by atoms with Crippen molar-refractivity contribution in [1.82, 2.24) is 0 Å². The van der Waals surface area contributed by atoms with E-state index in [1.165, 1.54) is 0 Å². The van der Waals surface area contributed by atoms with Crippen LogP contribution in [-0.2, 0) is 4.79 Å². The molecule has 12 heavy (non-hydrogen) atoms. The summed E-state index contributed by atoms with van der Waals surface area (Å²) in [5.74, 6) is -5.14. The maximum absolute atomic E-state index is 12.7. The van der Waals surface area contributed by atoms with Gasteiger partial charge in [0.25, 0.3) is 5.92 Å². The summed E-state index contributed by atoms with van der Waals surface area (Å²) < 4.78 is 25.5. The molecule has 0 heterocycles. The van der Waals surface area contributed by atoms with Gasteiger partial charge in [0.1, 0.15) is 0 Å². The van der Waals surface area contributed by atoms with E-state index in [-0.39, 0.29) is 6.42 Å². The average molecular weight is 176 g/mol. The van der Waals surface area contributed by atoms with Crippen LogP contribution in [0.3, 0.4) is 0 Å². The van der Waals surface area contributed by atoms with Crippen LogP contribution in [0, 0.1) is 17.8 Å². The van der Waals surface area contributed by atoms with Gasteiger partial charge in [0.2, 0.25) is 0 Å². The minimum Gasteiger partial charge on any atom is -0.481 e. The van der Waals surface area contributed by atoms with E-state index in [9.17, 15) is 13.6 Å². The highest BCUT2D eigenvalue weighted by molar-refractivity contribution is 5.70. The fraction of sp³-hybridized carbons (Fsp3) is 0.875. The molecule has 2 nitrogen and oxygen atoms in total. The summed E-state index contributed by atoms with van der Waals surface area (Å²) in [5.41, 5.74) is 0. The Morgan fingerprint density at radius 1 is 1.33 bits per heavy atom. The molecule has 4 heteroatoms. The zero-order valence-electron chi connectivity index (χ0n) is 6.46. The zero-order valence-corrected chi connectivity index (χ0v) is 6.46. The molecule has 0 aliphatic heterocycles. The summed E-state index contributed by atoms with van der Waals surface area (Å²) in [6.07, 6.45) is 0.980. The highest BCUT2D eigenvalue weighted by Gasteiger charge is 2.69. The Morgan fingerprint density at radius 3 is 2.50 bits per heavy atom. The first kappa shape index (κ1) is 7.95. The van der Waals surface area contributed by atoms with Crippen molar-refractivity contribution in [1.29, 1.82) is 0 Å². The van der Waals surface area contributed by atoms with Crippen LogP contribution >= 0.6 is 0 Å². The van der Waals surface area contributed by atoms with Gasteiger partial charge in [-0.1, -0.05) is 0 Å². The molecule has 0 amide bonds. The lowest BCUT2D eigenvalue weighted by atomic mass is 9.89. The van der Waals surface area contributed by atoms with E-state index in [0.29, 0.717) is 12.8 Å². The quantitative estimate of drug-likeness (QED) is 0.660. The second-order valence-electron chi connectivity index (χ2n) is 3.74. The predicted molar refractivity (Wildman–Crippen MR) is 36.9 cm³/mol. The van der Waals surface area contributed by atoms with Gasteiger partial charge in [-0.2, -0.15) is 0 Å². The smallest absolute Gasteiger partial charge is 0.306 e. The number of carboxylic acids is 1. The minimum atomic E-state index is -2.55. The maximum Gasteiger partial charge on any atom is 0.306 e. The number of fused-ring (bicyclic) bond motifs is 1. The number of aliphatic carboxylic acids is 1. The minimum absolute atomic E-state index is 0.174. The molecule has 2 aliphatic carbocycles. The molecule has 0 radical (unpaired) electrons. The molecule has 2 aliphatic rings. The van der Waals surface area contributed by atoms with Crippen molar-refractivity contribution in [3.05, 3.63) is 0 Å². The van der Waals surface area contributed by atoms with Crippen LogP contribution in [0.5, 0.6) is 0 Å². The van der Waals surface area contributed by atoms with E-state index < -0.39 is 29.6 Å². The second-order valence-corrected chi connectivity index (χ2v) is 3.74. The van der Waals surface area contributed by atoms with Crippen molar-refractivity contribution < 1.29 is 18.7 Å². The van der Waals surface area contributed by atoms with Crippen molar-refractivity contribution >= 4 is 5.97 Å². The summed E-state index contributed by atoms with van der Waals surface area (Å²) >= 11 is 0. The van der Waals surface area contributed by atoms with E-state index in [1.807, 2.05) is 0 Å². The lowest BCUT2D eigenvalue weighted by molar-refractivity contribution is -0.142. The molecule has 0 bridgehead atoms. The normalized spacial score (nSPS) is 43.3. The Hall–Kier alpha value is -0.670. The van der Waals surface area contributed by atoms with E-state index in [0.717, 1.165) is 0 Å². The largest absolute Gasteiger partial charge is 0.481 e. The van der Waals surface area contributed by atoms with E-state index in [1.54, 1.807) is 0 Å².